The molecule has 0 atom stereocenters. The highest BCUT2D eigenvalue weighted by Gasteiger charge is 2.27. The number of anilines is 1. The van der Waals surface area contributed by atoms with E-state index >= 15 is 0 Å². The number of aromatic nitrogens is 5. The van der Waals surface area contributed by atoms with Crippen molar-refractivity contribution >= 4 is 28.0 Å². The first-order valence-electron chi connectivity index (χ1n) is 12.7. The number of fused-ring (bicyclic) bond motifs is 2. The summed E-state index contributed by atoms with van der Waals surface area (Å²) in [5.74, 6) is 1.10. The lowest BCUT2D eigenvalue weighted by atomic mass is 9.93. The third kappa shape index (κ3) is 4.80. The Hall–Kier alpha value is -3.82. The van der Waals surface area contributed by atoms with Crippen molar-refractivity contribution in [2.45, 2.75) is 44.2 Å². The Kier molecular flexibility index (Phi) is 6.55. The molecule has 2 N–H and O–H groups in total. The number of benzene rings is 2. The van der Waals surface area contributed by atoms with Crippen molar-refractivity contribution in [2.75, 3.05) is 26.1 Å². The minimum Gasteiger partial charge on any atom is -0.440 e. The van der Waals surface area contributed by atoms with Gasteiger partial charge in [0.2, 0.25) is 0 Å². The molecule has 1 aliphatic carbocycles. The number of nitrogens with zero attached hydrogens (tertiary/aromatic N) is 5. The second kappa shape index (κ2) is 10.3. The monoisotopic (exact) mass is 498 g/mol. The van der Waals surface area contributed by atoms with Crippen LogP contribution in [0.2, 0.25) is 0 Å². The highest BCUT2D eigenvalue weighted by Crippen LogP contribution is 2.37. The molecule has 9 heteroatoms. The van der Waals surface area contributed by atoms with Crippen molar-refractivity contribution in [3.63, 3.8) is 0 Å². The summed E-state index contributed by atoms with van der Waals surface area (Å²) in [5.41, 5.74) is 11.5. The van der Waals surface area contributed by atoms with E-state index in [0.717, 1.165) is 64.6 Å². The summed E-state index contributed by atoms with van der Waals surface area (Å²) in [6.45, 7) is 1.24. The van der Waals surface area contributed by atoms with Gasteiger partial charge in [-0.15, -0.1) is 0 Å². The lowest BCUT2D eigenvalue weighted by Crippen LogP contribution is -2.25. The van der Waals surface area contributed by atoms with Gasteiger partial charge in [0.1, 0.15) is 23.4 Å². The number of nitrogens with two attached hydrogens (primary N) is 1. The van der Waals surface area contributed by atoms with Gasteiger partial charge in [0.15, 0.2) is 17.1 Å². The number of nitrogen functional groups attached to an aromatic ring is 1. The van der Waals surface area contributed by atoms with Gasteiger partial charge in [-0.25, -0.2) is 19.6 Å². The van der Waals surface area contributed by atoms with Gasteiger partial charge in [-0.1, -0.05) is 36.4 Å². The van der Waals surface area contributed by atoms with E-state index in [0.29, 0.717) is 31.3 Å². The molecule has 2 aromatic carbocycles. The van der Waals surface area contributed by atoms with Gasteiger partial charge < -0.3 is 19.6 Å². The number of hydrogen-bond acceptors (Lipinski definition) is 8. The van der Waals surface area contributed by atoms with Crippen molar-refractivity contribution < 1.29 is 13.9 Å². The number of methoxy groups -OCH3 is 1. The average Bonchev–Trinajstić information content (AvgIpc) is 3.51. The minimum atomic E-state index is 0.222. The Morgan fingerprint density at radius 3 is 2.68 bits per heavy atom. The molecule has 6 rings (SSSR count). The molecule has 0 radical (unpaired) electrons. The molecule has 37 heavy (non-hydrogen) atoms. The second-order valence-electron chi connectivity index (χ2n) is 9.50. The van der Waals surface area contributed by atoms with Gasteiger partial charge >= 0.3 is 0 Å². The molecule has 3 aromatic heterocycles. The Morgan fingerprint density at radius 2 is 1.86 bits per heavy atom. The molecule has 0 spiro atoms. The summed E-state index contributed by atoms with van der Waals surface area (Å²) >= 11 is 0. The molecule has 0 bridgehead atoms. The fraction of sp³-hybridized carbons (Fsp3) is 0.357. The van der Waals surface area contributed by atoms with E-state index < -0.39 is 0 Å². The summed E-state index contributed by atoms with van der Waals surface area (Å²) in [5, 5.41) is 5.81. The van der Waals surface area contributed by atoms with Crippen LogP contribution in [0.25, 0.3) is 33.4 Å². The van der Waals surface area contributed by atoms with Gasteiger partial charge in [0.25, 0.3) is 0 Å². The Bertz CT molecular complexity index is 1500. The first-order chi connectivity index (χ1) is 18.2. The van der Waals surface area contributed by atoms with E-state index in [1.54, 1.807) is 7.11 Å². The van der Waals surface area contributed by atoms with E-state index in [1.165, 1.54) is 6.33 Å². The third-order valence-electron chi connectivity index (χ3n) is 7.05. The van der Waals surface area contributed by atoms with Crippen LogP contribution in [0.3, 0.4) is 0 Å². The summed E-state index contributed by atoms with van der Waals surface area (Å²) < 4.78 is 19.2. The molecule has 0 unspecified atom stereocenters. The predicted octanol–water partition coefficient (Wildman–Crippen LogP) is 4.95. The van der Waals surface area contributed by atoms with E-state index in [2.05, 4.69) is 27.1 Å². The van der Waals surface area contributed by atoms with Gasteiger partial charge in [0.05, 0.1) is 30.7 Å². The van der Waals surface area contributed by atoms with Crippen LogP contribution in [0, 0.1) is 0 Å². The smallest absolute Gasteiger partial charge is 0.199 e. The normalized spacial score (nSPS) is 18.1. The molecule has 1 saturated carbocycles. The van der Waals surface area contributed by atoms with Gasteiger partial charge in [-0.05, 0) is 43.4 Å². The molecule has 1 fully saturated rings. The van der Waals surface area contributed by atoms with Crippen LogP contribution in [-0.4, -0.2) is 51.2 Å². The number of hydrogen-bond donors (Lipinski definition) is 1. The van der Waals surface area contributed by atoms with Crippen LogP contribution >= 0.6 is 0 Å². The van der Waals surface area contributed by atoms with E-state index in [1.807, 2.05) is 41.1 Å². The first-order valence-corrected chi connectivity index (χ1v) is 12.7. The minimum absolute atomic E-state index is 0.222. The largest absolute Gasteiger partial charge is 0.440 e. The molecule has 0 saturated heterocycles. The number of rotatable bonds is 8. The van der Waals surface area contributed by atoms with Crippen LogP contribution < -0.4 is 5.73 Å². The van der Waals surface area contributed by atoms with Crippen LogP contribution in [0.1, 0.15) is 43.2 Å². The maximum atomic E-state index is 6.36. The zero-order chi connectivity index (χ0) is 25.2. The summed E-state index contributed by atoms with van der Waals surface area (Å²) in [6.07, 6.45) is 6.27. The summed E-state index contributed by atoms with van der Waals surface area (Å²) in [7, 11) is 1.69. The lowest BCUT2D eigenvalue weighted by molar-refractivity contribution is -0.00691. The maximum Gasteiger partial charge on any atom is 0.199 e. The first kappa shape index (κ1) is 23.6. The van der Waals surface area contributed by atoms with Crippen molar-refractivity contribution in [1.29, 1.82) is 0 Å². The highest BCUT2D eigenvalue weighted by molar-refractivity contribution is 5.99. The molecular formula is C28H30N6O3. The van der Waals surface area contributed by atoms with Crippen LogP contribution in [0.5, 0.6) is 0 Å². The SMILES string of the molecule is COCCOC1CCC(n2nc(-c3ccc4nc(Cc5ccccc5)oc4c3)c3c(N)ncnc32)CC1. The molecule has 5 aromatic rings. The average molecular weight is 499 g/mol. The van der Waals surface area contributed by atoms with Crippen LogP contribution in [0.4, 0.5) is 5.82 Å². The standard InChI is InChI=1S/C28H30N6O3/c1-35-13-14-36-21-10-8-20(9-11-21)34-28-25(27(29)30-17-31-28)26(33-34)19-7-12-22-23(16-19)37-24(32-22)15-18-5-3-2-4-6-18/h2-7,12,16-17,20-21H,8-11,13-15H2,1H3,(H2,29,30,31). The Balaban J connectivity index is 1.30. The van der Waals surface area contributed by atoms with E-state index in [4.69, 9.17) is 24.7 Å². The Morgan fingerprint density at radius 1 is 1.03 bits per heavy atom. The molecule has 0 aliphatic heterocycles. The molecule has 3 heterocycles. The molecule has 190 valence electrons. The second-order valence-corrected chi connectivity index (χ2v) is 9.50. The van der Waals surface area contributed by atoms with Gasteiger partial charge in [-0.3, -0.25) is 0 Å². The van der Waals surface area contributed by atoms with Gasteiger partial charge in [0, 0.05) is 19.1 Å². The molecule has 9 nitrogen and oxygen atoms in total. The van der Waals surface area contributed by atoms with Gasteiger partial charge in [-0.2, -0.15) is 5.10 Å². The number of oxazole rings is 1. The molecule has 1 aliphatic rings. The molecule has 0 amide bonds. The highest BCUT2D eigenvalue weighted by atomic mass is 16.5. The predicted molar refractivity (Wildman–Crippen MR) is 141 cm³/mol. The Labute approximate surface area is 214 Å². The topological polar surface area (TPSA) is 114 Å². The maximum absolute atomic E-state index is 6.36. The fourth-order valence-corrected chi connectivity index (χ4v) is 5.17. The van der Waals surface area contributed by atoms with Crippen LogP contribution in [-0.2, 0) is 15.9 Å². The third-order valence-corrected chi connectivity index (χ3v) is 7.05. The quantitative estimate of drug-likeness (QED) is 0.299. The molecular weight excluding hydrogens is 468 g/mol. The lowest BCUT2D eigenvalue weighted by Gasteiger charge is -2.28. The zero-order valence-corrected chi connectivity index (χ0v) is 20.8. The summed E-state index contributed by atoms with van der Waals surface area (Å²) in [4.78, 5) is 13.5. The van der Waals surface area contributed by atoms with Crippen LogP contribution in [0.15, 0.2) is 59.3 Å². The summed E-state index contributed by atoms with van der Waals surface area (Å²) in [6, 6.07) is 16.4. The van der Waals surface area contributed by atoms with Crippen molar-refractivity contribution in [3.8, 4) is 11.3 Å². The van der Waals surface area contributed by atoms with E-state index in [9.17, 15) is 0 Å². The zero-order valence-electron chi connectivity index (χ0n) is 20.8. The van der Waals surface area contributed by atoms with Crippen molar-refractivity contribution in [3.05, 3.63) is 66.3 Å². The number of ether oxygens (including phenoxy) is 2. The van der Waals surface area contributed by atoms with Crippen molar-refractivity contribution in [2.24, 2.45) is 0 Å². The van der Waals surface area contributed by atoms with Crippen molar-refractivity contribution in [1.82, 2.24) is 24.7 Å². The fourth-order valence-electron chi connectivity index (χ4n) is 5.17. The van der Waals surface area contributed by atoms with E-state index in [-0.39, 0.29) is 12.1 Å².